The molecule has 0 bridgehead atoms. The second-order valence-corrected chi connectivity index (χ2v) is 7.96. The number of methoxy groups -OCH3 is 1. The molecule has 1 aliphatic carbocycles. The summed E-state index contributed by atoms with van der Waals surface area (Å²) in [5.74, 6) is 1.44. The van der Waals surface area contributed by atoms with Crippen LogP contribution in [0.5, 0.6) is 0 Å². The largest absolute Gasteiger partial charge is 0.383 e. The number of aliphatic imine (C=N–C) groups is 1. The normalized spacial score (nSPS) is 20.4. The number of hydrogen-bond acceptors (Lipinski definition) is 4. The summed E-state index contributed by atoms with van der Waals surface area (Å²) in [6, 6.07) is 7.33. The van der Waals surface area contributed by atoms with Crippen molar-refractivity contribution in [3.63, 3.8) is 0 Å². The highest BCUT2D eigenvalue weighted by molar-refractivity contribution is 7.89. The van der Waals surface area contributed by atoms with Gasteiger partial charge in [0, 0.05) is 26.2 Å². The van der Waals surface area contributed by atoms with Crippen LogP contribution in [0.25, 0.3) is 0 Å². The first kappa shape index (κ1) is 19.7. The molecular formula is C17H28N4O3S. The summed E-state index contributed by atoms with van der Waals surface area (Å²) >= 11 is 0. The molecule has 0 heterocycles. The van der Waals surface area contributed by atoms with Crippen LogP contribution in [0.2, 0.25) is 0 Å². The third-order valence-corrected chi connectivity index (χ3v) is 5.46. The first-order chi connectivity index (χ1) is 12.0. The van der Waals surface area contributed by atoms with Gasteiger partial charge in [-0.3, -0.25) is 0 Å². The van der Waals surface area contributed by atoms with Gasteiger partial charge in [-0.05, 0) is 37.0 Å². The van der Waals surface area contributed by atoms with Crippen LogP contribution >= 0.6 is 0 Å². The van der Waals surface area contributed by atoms with Crippen molar-refractivity contribution in [2.45, 2.75) is 37.8 Å². The lowest BCUT2D eigenvalue weighted by Gasteiger charge is -2.11. The van der Waals surface area contributed by atoms with Gasteiger partial charge in [0.25, 0.3) is 0 Å². The molecule has 2 rings (SSSR count). The third-order valence-electron chi connectivity index (χ3n) is 4.00. The Kier molecular flexibility index (Phi) is 7.22. The van der Waals surface area contributed by atoms with Crippen LogP contribution < -0.4 is 15.4 Å². The van der Waals surface area contributed by atoms with Crippen LogP contribution in [0.15, 0.2) is 34.2 Å². The number of ether oxygens (including phenoxy) is 1. The minimum absolute atomic E-state index is 0.241. The molecule has 3 N–H and O–H groups in total. The van der Waals surface area contributed by atoms with Gasteiger partial charge < -0.3 is 15.4 Å². The van der Waals surface area contributed by atoms with Gasteiger partial charge in [0.05, 0.1) is 18.0 Å². The van der Waals surface area contributed by atoms with E-state index in [4.69, 9.17) is 4.74 Å². The number of sulfonamides is 1. The number of nitrogens with zero attached hydrogens (tertiary/aromatic N) is 1. The Morgan fingerprint density at radius 1 is 1.40 bits per heavy atom. The molecule has 0 amide bonds. The average molecular weight is 369 g/mol. The fourth-order valence-electron chi connectivity index (χ4n) is 2.36. The lowest BCUT2D eigenvalue weighted by atomic mass is 10.2. The minimum atomic E-state index is -3.53. The summed E-state index contributed by atoms with van der Waals surface area (Å²) < 4.78 is 31.9. The van der Waals surface area contributed by atoms with Crippen molar-refractivity contribution in [3.8, 4) is 0 Å². The predicted octanol–water partition coefficient (Wildman–Crippen LogP) is 1.07. The van der Waals surface area contributed by atoms with Crippen molar-refractivity contribution in [2.24, 2.45) is 10.9 Å². The number of hydrogen-bond donors (Lipinski definition) is 3. The maximum absolute atomic E-state index is 12.3. The van der Waals surface area contributed by atoms with Gasteiger partial charge in [-0.2, -0.15) is 0 Å². The zero-order valence-corrected chi connectivity index (χ0v) is 15.9. The fourth-order valence-corrected chi connectivity index (χ4v) is 3.44. The van der Waals surface area contributed by atoms with Gasteiger partial charge in [0.15, 0.2) is 5.96 Å². The Morgan fingerprint density at radius 3 is 2.80 bits per heavy atom. The Labute approximate surface area is 150 Å². The van der Waals surface area contributed by atoms with Gasteiger partial charge in [-0.1, -0.05) is 19.1 Å². The van der Waals surface area contributed by atoms with Crippen molar-refractivity contribution in [1.29, 1.82) is 0 Å². The van der Waals surface area contributed by atoms with Crippen LogP contribution in [0.1, 0.15) is 25.8 Å². The molecule has 7 nitrogen and oxygen atoms in total. The smallest absolute Gasteiger partial charge is 0.240 e. The van der Waals surface area contributed by atoms with E-state index in [0.29, 0.717) is 25.1 Å². The zero-order valence-electron chi connectivity index (χ0n) is 15.1. The monoisotopic (exact) mass is 368 g/mol. The quantitative estimate of drug-likeness (QED) is 0.345. The molecule has 0 aliphatic heterocycles. The molecule has 2 atom stereocenters. The van der Waals surface area contributed by atoms with E-state index in [9.17, 15) is 8.42 Å². The number of guanidine groups is 1. The van der Waals surface area contributed by atoms with E-state index in [-0.39, 0.29) is 11.4 Å². The number of rotatable bonds is 9. The Bertz CT molecular complexity index is 691. The van der Waals surface area contributed by atoms with E-state index in [1.807, 2.05) is 13.0 Å². The van der Waals surface area contributed by atoms with Crippen LogP contribution in [0.3, 0.4) is 0 Å². The predicted molar refractivity (Wildman–Crippen MR) is 99.0 cm³/mol. The highest BCUT2D eigenvalue weighted by Gasteiger charge is 2.33. The molecule has 25 heavy (non-hydrogen) atoms. The molecule has 8 heteroatoms. The second-order valence-electron chi connectivity index (χ2n) is 6.20. The Balaban J connectivity index is 2.03. The van der Waals surface area contributed by atoms with Crippen molar-refractivity contribution in [2.75, 3.05) is 26.8 Å². The van der Waals surface area contributed by atoms with E-state index in [1.165, 1.54) is 7.11 Å². The van der Waals surface area contributed by atoms with Crippen LogP contribution in [-0.4, -0.2) is 47.2 Å². The molecule has 0 radical (unpaired) electrons. The maximum atomic E-state index is 12.3. The molecule has 140 valence electrons. The first-order valence-corrected chi connectivity index (χ1v) is 10.1. The van der Waals surface area contributed by atoms with E-state index in [1.54, 1.807) is 18.2 Å². The van der Waals surface area contributed by atoms with E-state index in [0.717, 1.165) is 24.5 Å². The Morgan fingerprint density at radius 2 is 2.16 bits per heavy atom. The molecule has 1 aromatic rings. The minimum Gasteiger partial charge on any atom is -0.383 e. The molecule has 0 spiro atoms. The van der Waals surface area contributed by atoms with Crippen LogP contribution in [0, 0.1) is 5.92 Å². The standard InChI is InChI=1S/C17H28N4O3S/c1-4-18-17(21-16-10-13(16)2)19-12-14-6-5-7-15(11-14)25(22,23)20-8-9-24-3/h5-7,11,13,16,20H,4,8-10,12H2,1-3H3,(H2,18,19,21). The molecule has 1 aliphatic rings. The van der Waals surface area contributed by atoms with Crippen molar-refractivity contribution < 1.29 is 13.2 Å². The molecular weight excluding hydrogens is 340 g/mol. The SMILES string of the molecule is CCNC(=NCc1cccc(S(=O)(=O)NCCOC)c1)NC1CC1C. The lowest BCUT2D eigenvalue weighted by molar-refractivity contribution is 0.204. The topological polar surface area (TPSA) is 91.8 Å². The van der Waals surface area contributed by atoms with Crippen LogP contribution in [-0.2, 0) is 21.3 Å². The number of benzene rings is 1. The van der Waals surface area contributed by atoms with Crippen molar-refractivity contribution in [3.05, 3.63) is 29.8 Å². The highest BCUT2D eigenvalue weighted by atomic mass is 32.2. The van der Waals surface area contributed by atoms with Gasteiger partial charge in [0.1, 0.15) is 0 Å². The molecule has 1 fully saturated rings. The second kappa shape index (κ2) is 9.17. The first-order valence-electron chi connectivity index (χ1n) is 8.58. The third kappa shape index (κ3) is 6.30. The molecule has 2 unspecified atom stereocenters. The summed E-state index contributed by atoms with van der Waals surface area (Å²) in [4.78, 5) is 4.80. The Hall–Kier alpha value is -1.64. The number of nitrogens with one attached hydrogen (secondary N) is 3. The molecule has 1 aromatic carbocycles. The van der Waals surface area contributed by atoms with E-state index < -0.39 is 10.0 Å². The van der Waals surface area contributed by atoms with Crippen molar-refractivity contribution in [1.82, 2.24) is 15.4 Å². The molecule has 1 saturated carbocycles. The van der Waals surface area contributed by atoms with Crippen LogP contribution in [0.4, 0.5) is 0 Å². The van der Waals surface area contributed by atoms with E-state index >= 15 is 0 Å². The molecule has 0 saturated heterocycles. The lowest BCUT2D eigenvalue weighted by Crippen LogP contribution is -2.39. The summed E-state index contributed by atoms with van der Waals surface area (Å²) in [6.07, 6.45) is 1.16. The summed E-state index contributed by atoms with van der Waals surface area (Å²) in [5, 5.41) is 6.60. The van der Waals surface area contributed by atoms with Gasteiger partial charge in [-0.15, -0.1) is 0 Å². The summed E-state index contributed by atoms with van der Waals surface area (Å²) in [6.45, 7) is 6.00. The van der Waals surface area contributed by atoms with Gasteiger partial charge in [0.2, 0.25) is 10.0 Å². The summed E-state index contributed by atoms with van der Waals surface area (Å²) in [5.41, 5.74) is 0.843. The van der Waals surface area contributed by atoms with Gasteiger partial charge >= 0.3 is 0 Å². The fraction of sp³-hybridized carbons (Fsp3) is 0.588. The summed E-state index contributed by atoms with van der Waals surface area (Å²) in [7, 11) is -2.00. The molecule has 0 aromatic heterocycles. The van der Waals surface area contributed by atoms with Gasteiger partial charge in [-0.25, -0.2) is 18.1 Å². The average Bonchev–Trinajstić information content (AvgIpc) is 3.28. The zero-order chi connectivity index (χ0) is 18.3. The maximum Gasteiger partial charge on any atom is 0.240 e. The van der Waals surface area contributed by atoms with Crippen molar-refractivity contribution >= 4 is 16.0 Å². The highest BCUT2D eigenvalue weighted by Crippen LogP contribution is 2.28. The van der Waals surface area contributed by atoms with E-state index in [2.05, 4.69) is 27.3 Å².